The number of benzene rings is 2. The van der Waals surface area contributed by atoms with Gasteiger partial charge in [-0.25, -0.2) is 4.98 Å². The van der Waals surface area contributed by atoms with Crippen molar-refractivity contribution < 1.29 is 4.74 Å². The van der Waals surface area contributed by atoms with Crippen LogP contribution in [0.4, 0.5) is 0 Å². The lowest BCUT2D eigenvalue weighted by Gasteiger charge is -2.13. The zero-order chi connectivity index (χ0) is 17.6. The van der Waals surface area contributed by atoms with Gasteiger partial charge in [0, 0.05) is 16.2 Å². The van der Waals surface area contributed by atoms with Crippen molar-refractivity contribution in [3.8, 4) is 5.69 Å². The summed E-state index contributed by atoms with van der Waals surface area (Å²) in [5.41, 5.74) is 5.64. The molecule has 0 saturated carbocycles. The number of aromatic nitrogens is 2. The quantitative estimate of drug-likeness (QED) is 0.398. The summed E-state index contributed by atoms with van der Waals surface area (Å²) in [6.45, 7) is 4.28. The van der Waals surface area contributed by atoms with E-state index in [1.54, 1.807) is 11.8 Å². The Hall–Kier alpha value is -2.53. The number of fused-ring (bicyclic) bond motifs is 3. The summed E-state index contributed by atoms with van der Waals surface area (Å²) >= 11 is 1.68. The summed E-state index contributed by atoms with van der Waals surface area (Å²) in [6.07, 6.45) is 2.05. The standard InChI is InChI=1S/C20H19N3OS/c1-13-14(2)23-18-10-9-16(25-3)11-17(18)20(15-7-5-4-6-8-15)22(24)12-19(23)21-13/h4-11H,12H2,1-3H3. The van der Waals surface area contributed by atoms with E-state index in [0.29, 0.717) is 5.71 Å². The maximum atomic E-state index is 13.1. The Morgan fingerprint density at radius 3 is 2.60 bits per heavy atom. The zero-order valence-electron chi connectivity index (χ0n) is 14.5. The third-order valence-corrected chi connectivity index (χ3v) is 5.42. The third-order valence-electron chi connectivity index (χ3n) is 4.70. The second kappa shape index (κ2) is 6.08. The molecule has 2 heterocycles. The normalized spacial score (nSPS) is 13.4. The average Bonchev–Trinajstić information content (AvgIpc) is 2.83. The molecule has 4 nitrogen and oxygen atoms in total. The molecular weight excluding hydrogens is 330 g/mol. The van der Waals surface area contributed by atoms with Gasteiger partial charge in [-0.05, 0) is 50.4 Å². The van der Waals surface area contributed by atoms with Crippen LogP contribution in [-0.4, -0.2) is 26.3 Å². The van der Waals surface area contributed by atoms with Gasteiger partial charge in [0.2, 0.25) is 12.3 Å². The first-order valence-corrected chi connectivity index (χ1v) is 9.43. The Labute approximate surface area is 151 Å². The van der Waals surface area contributed by atoms with Crippen LogP contribution in [0.1, 0.15) is 28.3 Å². The number of nitrogens with zero attached hydrogens (tertiary/aromatic N) is 3. The summed E-state index contributed by atoms with van der Waals surface area (Å²) in [7, 11) is 0. The van der Waals surface area contributed by atoms with E-state index in [1.807, 2.05) is 43.5 Å². The van der Waals surface area contributed by atoms with Crippen LogP contribution < -0.4 is 0 Å². The lowest BCUT2D eigenvalue weighted by Crippen LogP contribution is -2.17. The summed E-state index contributed by atoms with van der Waals surface area (Å²) in [5, 5.41) is 13.1. The Morgan fingerprint density at radius 2 is 1.88 bits per heavy atom. The molecule has 0 fully saturated rings. The highest BCUT2D eigenvalue weighted by molar-refractivity contribution is 7.98. The van der Waals surface area contributed by atoms with Gasteiger partial charge in [0.25, 0.3) is 0 Å². The first-order valence-electron chi connectivity index (χ1n) is 8.21. The maximum Gasteiger partial charge on any atom is 0.228 e. The molecule has 0 bridgehead atoms. The predicted molar refractivity (Wildman–Crippen MR) is 102 cm³/mol. The molecular formula is C20H19N3OS. The Bertz CT molecular complexity index is 990. The lowest BCUT2D eigenvalue weighted by molar-refractivity contribution is -0.475. The Balaban J connectivity index is 2.07. The fourth-order valence-corrected chi connectivity index (χ4v) is 3.81. The third kappa shape index (κ3) is 2.55. The first kappa shape index (κ1) is 16.0. The zero-order valence-corrected chi connectivity index (χ0v) is 15.3. The molecule has 1 aromatic heterocycles. The van der Waals surface area contributed by atoms with Crippen molar-refractivity contribution in [1.82, 2.24) is 9.55 Å². The van der Waals surface area contributed by atoms with Gasteiger partial charge in [-0.2, -0.15) is 4.74 Å². The minimum Gasteiger partial charge on any atom is -0.623 e. The van der Waals surface area contributed by atoms with Crippen molar-refractivity contribution in [2.24, 2.45) is 0 Å². The van der Waals surface area contributed by atoms with Crippen molar-refractivity contribution in [2.45, 2.75) is 25.3 Å². The molecule has 5 heteroatoms. The molecule has 2 aromatic carbocycles. The van der Waals surface area contributed by atoms with Gasteiger partial charge >= 0.3 is 0 Å². The van der Waals surface area contributed by atoms with Crippen molar-refractivity contribution in [2.75, 3.05) is 6.26 Å². The second-order valence-electron chi connectivity index (χ2n) is 6.17. The van der Waals surface area contributed by atoms with E-state index in [1.165, 1.54) is 0 Å². The summed E-state index contributed by atoms with van der Waals surface area (Å²) in [6, 6.07) is 16.2. The van der Waals surface area contributed by atoms with E-state index in [9.17, 15) is 5.21 Å². The summed E-state index contributed by atoms with van der Waals surface area (Å²) < 4.78 is 3.19. The van der Waals surface area contributed by atoms with E-state index >= 15 is 0 Å². The van der Waals surface area contributed by atoms with Crippen LogP contribution in [0.15, 0.2) is 53.4 Å². The van der Waals surface area contributed by atoms with Crippen molar-refractivity contribution in [3.63, 3.8) is 0 Å². The number of aryl methyl sites for hydroxylation is 1. The maximum absolute atomic E-state index is 13.1. The summed E-state index contributed by atoms with van der Waals surface area (Å²) in [4.78, 5) is 5.77. The highest BCUT2D eigenvalue weighted by Crippen LogP contribution is 2.30. The molecule has 3 aromatic rings. The molecule has 0 amide bonds. The van der Waals surface area contributed by atoms with Gasteiger partial charge in [-0.1, -0.05) is 18.2 Å². The highest BCUT2D eigenvalue weighted by Gasteiger charge is 2.28. The number of hydroxylamine groups is 1. The molecule has 0 spiro atoms. The van der Waals surface area contributed by atoms with Crippen LogP contribution in [0.25, 0.3) is 5.69 Å². The van der Waals surface area contributed by atoms with Gasteiger partial charge in [0.15, 0.2) is 5.82 Å². The van der Waals surface area contributed by atoms with Crippen LogP contribution in [0.2, 0.25) is 0 Å². The van der Waals surface area contributed by atoms with E-state index in [4.69, 9.17) is 0 Å². The number of hydrogen-bond donors (Lipinski definition) is 0. The summed E-state index contributed by atoms with van der Waals surface area (Å²) in [5.74, 6) is 0.786. The number of imidazole rings is 1. The van der Waals surface area contributed by atoms with Gasteiger partial charge in [0.05, 0.1) is 16.9 Å². The minimum atomic E-state index is 0.238. The van der Waals surface area contributed by atoms with Crippen LogP contribution in [0, 0.1) is 19.1 Å². The van der Waals surface area contributed by atoms with Crippen molar-refractivity contribution >= 4 is 17.5 Å². The minimum absolute atomic E-state index is 0.238. The fourth-order valence-electron chi connectivity index (χ4n) is 3.37. The van der Waals surface area contributed by atoms with Gasteiger partial charge < -0.3 is 5.21 Å². The monoisotopic (exact) mass is 349 g/mol. The number of rotatable bonds is 2. The van der Waals surface area contributed by atoms with E-state index in [2.05, 4.69) is 34.7 Å². The smallest absolute Gasteiger partial charge is 0.228 e. The van der Waals surface area contributed by atoms with E-state index in [0.717, 1.165) is 43.7 Å². The molecule has 1 aliphatic heterocycles. The molecule has 1 aliphatic rings. The molecule has 25 heavy (non-hydrogen) atoms. The SMILES string of the molecule is CSc1ccc2c(c1)C(c1ccccc1)=[N+]([O-])Cc1nc(C)c(C)n1-2. The van der Waals surface area contributed by atoms with Gasteiger partial charge in [-0.15, -0.1) is 11.8 Å². The molecule has 0 unspecified atom stereocenters. The Kier molecular flexibility index (Phi) is 3.88. The number of hydrogen-bond acceptors (Lipinski definition) is 3. The topological polar surface area (TPSA) is 43.9 Å². The van der Waals surface area contributed by atoms with Crippen LogP contribution in [0.3, 0.4) is 0 Å². The fraction of sp³-hybridized carbons (Fsp3) is 0.200. The molecule has 4 rings (SSSR count). The molecule has 0 radical (unpaired) electrons. The molecule has 0 N–H and O–H groups in total. The van der Waals surface area contributed by atoms with Crippen LogP contribution >= 0.6 is 11.8 Å². The second-order valence-corrected chi connectivity index (χ2v) is 7.05. The van der Waals surface area contributed by atoms with E-state index < -0.39 is 0 Å². The van der Waals surface area contributed by atoms with Crippen molar-refractivity contribution in [1.29, 1.82) is 0 Å². The van der Waals surface area contributed by atoms with Gasteiger partial charge in [-0.3, -0.25) is 4.57 Å². The highest BCUT2D eigenvalue weighted by atomic mass is 32.2. The predicted octanol–water partition coefficient (Wildman–Crippen LogP) is 4.07. The largest absolute Gasteiger partial charge is 0.623 e. The van der Waals surface area contributed by atoms with Gasteiger partial charge in [0.1, 0.15) is 0 Å². The lowest BCUT2D eigenvalue weighted by atomic mass is 10.0. The average molecular weight is 349 g/mol. The molecule has 0 atom stereocenters. The Morgan fingerprint density at radius 1 is 1.12 bits per heavy atom. The van der Waals surface area contributed by atoms with Crippen LogP contribution in [-0.2, 0) is 6.54 Å². The molecule has 0 saturated heterocycles. The van der Waals surface area contributed by atoms with Crippen molar-refractivity contribution in [3.05, 3.63) is 82.1 Å². The van der Waals surface area contributed by atoms with E-state index in [-0.39, 0.29) is 6.54 Å². The molecule has 0 aliphatic carbocycles. The van der Waals surface area contributed by atoms with Crippen LogP contribution in [0.5, 0.6) is 0 Å². The first-order chi connectivity index (χ1) is 12.1. The molecule has 126 valence electrons. The number of thioether (sulfide) groups is 1.